The molecule has 3 aromatic rings. The second-order valence-corrected chi connectivity index (χ2v) is 7.83. The molecule has 1 aromatic carbocycles. The summed E-state index contributed by atoms with van der Waals surface area (Å²) in [4.78, 5) is 31.8. The van der Waals surface area contributed by atoms with Crippen LogP contribution in [0.25, 0.3) is 11.2 Å². The first-order valence-corrected chi connectivity index (χ1v) is 9.76. The Hall–Kier alpha value is -2.74. The summed E-state index contributed by atoms with van der Waals surface area (Å²) in [6.07, 6.45) is 4.05. The zero-order valence-corrected chi connectivity index (χ0v) is 16.2. The lowest BCUT2D eigenvalue weighted by atomic mass is 9.87. The number of carbonyl (C=O) groups excluding carboxylic acids is 1. The molecular weight excluding hydrogens is 380 g/mol. The van der Waals surface area contributed by atoms with Gasteiger partial charge in [-0.15, -0.1) is 5.10 Å². The number of H-pyrrole nitrogens is 1. The SMILES string of the molecule is CC1CCC(NC(=O)c2nc3c(nnn3Cc3cccc(Cl)c3)c(=O)[nH]2)CC1. The van der Waals surface area contributed by atoms with E-state index >= 15 is 0 Å². The van der Waals surface area contributed by atoms with Crippen molar-refractivity contribution < 1.29 is 4.79 Å². The number of benzene rings is 1. The van der Waals surface area contributed by atoms with Gasteiger partial charge in [-0.3, -0.25) is 9.59 Å². The molecule has 8 nitrogen and oxygen atoms in total. The van der Waals surface area contributed by atoms with Crippen LogP contribution in [0.3, 0.4) is 0 Å². The summed E-state index contributed by atoms with van der Waals surface area (Å²) < 4.78 is 1.50. The lowest BCUT2D eigenvalue weighted by molar-refractivity contribution is 0.0912. The highest BCUT2D eigenvalue weighted by Gasteiger charge is 2.22. The Morgan fingerprint density at radius 1 is 1.32 bits per heavy atom. The Kier molecular flexibility index (Phi) is 5.13. The third-order valence-corrected chi connectivity index (χ3v) is 5.40. The summed E-state index contributed by atoms with van der Waals surface area (Å²) in [5.74, 6) is 0.286. The van der Waals surface area contributed by atoms with Crippen molar-refractivity contribution in [2.24, 2.45) is 5.92 Å². The molecule has 0 radical (unpaired) electrons. The van der Waals surface area contributed by atoms with Gasteiger partial charge in [0, 0.05) is 11.1 Å². The van der Waals surface area contributed by atoms with Gasteiger partial charge < -0.3 is 10.3 Å². The number of hydrogen-bond acceptors (Lipinski definition) is 5. The van der Waals surface area contributed by atoms with Gasteiger partial charge in [0.1, 0.15) is 0 Å². The normalized spacial score (nSPS) is 19.6. The first-order chi connectivity index (χ1) is 13.5. The minimum atomic E-state index is -0.482. The molecule has 1 saturated carbocycles. The van der Waals surface area contributed by atoms with E-state index in [1.165, 1.54) is 4.68 Å². The van der Waals surface area contributed by atoms with E-state index in [1.54, 1.807) is 12.1 Å². The Labute approximate surface area is 166 Å². The Morgan fingerprint density at radius 3 is 2.86 bits per heavy atom. The molecule has 0 unspecified atom stereocenters. The molecule has 0 spiro atoms. The fourth-order valence-electron chi connectivity index (χ4n) is 3.55. The quantitative estimate of drug-likeness (QED) is 0.700. The van der Waals surface area contributed by atoms with Crippen molar-refractivity contribution in [2.75, 3.05) is 0 Å². The molecule has 0 atom stereocenters. The van der Waals surface area contributed by atoms with E-state index in [4.69, 9.17) is 11.6 Å². The fraction of sp³-hybridized carbons (Fsp3) is 0.421. The van der Waals surface area contributed by atoms with Gasteiger partial charge in [-0.05, 0) is 49.3 Å². The zero-order chi connectivity index (χ0) is 19.7. The monoisotopic (exact) mass is 400 g/mol. The van der Waals surface area contributed by atoms with E-state index in [0.717, 1.165) is 31.2 Å². The lowest BCUT2D eigenvalue weighted by Crippen LogP contribution is -2.38. The van der Waals surface area contributed by atoms with Crippen LogP contribution in [-0.2, 0) is 6.54 Å². The smallest absolute Gasteiger partial charge is 0.287 e. The maximum atomic E-state index is 12.6. The maximum Gasteiger partial charge on any atom is 0.287 e. The summed E-state index contributed by atoms with van der Waals surface area (Å²) in [6, 6.07) is 7.42. The van der Waals surface area contributed by atoms with E-state index in [2.05, 4.69) is 32.5 Å². The van der Waals surface area contributed by atoms with Crippen LogP contribution in [0.1, 0.15) is 48.8 Å². The third kappa shape index (κ3) is 3.91. The fourth-order valence-corrected chi connectivity index (χ4v) is 3.76. The number of nitrogens with one attached hydrogen (secondary N) is 2. The molecule has 28 heavy (non-hydrogen) atoms. The highest BCUT2D eigenvalue weighted by Crippen LogP contribution is 2.23. The Balaban J connectivity index is 1.59. The number of fused-ring (bicyclic) bond motifs is 1. The number of carbonyl (C=O) groups is 1. The summed E-state index contributed by atoms with van der Waals surface area (Å²) in [5, 5.41) is 11.5. The first-order valence-electron chi connectivity index (χ1n) is 9.38. The van der Waals surface area contributed by atoms with E-state index in [9.17, 15) is 9.59 Å². The van der Waals surface area contributed by atoms with Crippen LogP contribution in [0.2, 0.25) is 5.02 Å². The van der Waals surface area contributed by atoms with Gasteiger partial charge in [0.2, 0.25) is 5.82 Å². The van der Waals surface area contributed by atoms with Crippen LogP contribution >= 0.6 is 11.6 Å². The van der Waals surface area contributed by atoms with Gasteiger partial charge in [-0.25, -0.2) is 9.67 Å². The van der Waals surface area contributed by atoms with Gasteiger partial charge in [0.05, 0.1) is 6.54 Å². The predicted octanol–water partition coefficient (Wildman–Crippen LogP) is 2.52. The number of aromatic nitrogens is 5. The number of nitrogens with zero attached hydrogens (tertiary/aromatic N) is 4. The van der Waals surface area contributed by atoms with Crippen LogP contribution in [-0.4, -0.2) is 36.9 Å². The molecule has 0 bridgehead atoms. The van der Waals surface area contributed by atoms with Gasteiger partial charge in [0.25, 0.3) is 11.5 Å². The van der Waals surface area contributed by atoms with Crippen molar-refractivity contribution in [3.8, 4) is 0 Å². The van der Waals surface area contributed by atoms with Crippen molar-refractivity contribution in [3.05, 3.63) is 51.0 Å². The summed E-state index contributed by atoms with van der Waals surface area (Å²) >= 11 is 6.03. The molecule has 1 aliphatic carbocycles. The van der Waals surface area contributed by atoms with E-state index in [1.807, 2.05) is 12.1 Å². The van der Waals surface area contributed by atoms with Gasteiger partial charge in [-0.2, -0.15) is 0 Å². The predicted molar refractivity (Wildman–Crippen MR) is 105 cm³/mol. The number of halogens is 1. The highest BCUT2D eigenvalue weighted by atomic mass is 35.5. The van der Waals surface area contributed by atoms with Gasteiger partial charge in [-0.1, -0.05) is 35.9 Å². The van der Waals surface area contributed by atoms with Crippen molar-refractivity contribution >= 4 is 28.7 Å². The number of amides is 1. The van der Waals surface area contributed by atoms with E-state index < -0.39 is 5.56 Å². The largest absolute Gasteiger partial charge is 0.347 e. The summed E-state index contributed by atoms with van der Waals surface area (Å²) in [6.45, 7) is 2.56. The van der Waals surface area contributed by atoms with Crippen LogP contribution in [0.5, 0.6) is 0 Å². The lowest BCUT2D eigenvalue weighted by Gasteiger charge is -2.26. The topological polar surface area (TPSA) is 106 Å². The summed E-state index contributed by atoms with van der Waals surface area (Å²) in [5.41, 5.74) is 0.782. The van der Waals surface area contributed by atoms with Crippen molar-refractivity contribution in [3.63, 3.8) is 0 Å². The average molecular weight is 401 g/mol. The molecule has 146 valence electrons. The Bertz CT molecular complexity index is 1070. The van der Waals surface area contributed by atoms with E-state index in [-0.39, 0.29) is 28.9 Å². The number of hydrogen-bond donors (Lipinski definition) is 2. The summed E-state index contributed by atoms with van der Waals surface area (Å²) in [7, 11) is 0. The highest BCUT2D eigenvalue weighted by molar-refractivity contribution is 6.30. The molecule has 0 saturated heterocycles. The molecule has 1 fully saturated rings. The van der Waals surface area contributed by atoms with Crippen LogP contribution in [0.15, 0.2) is 29.1 Å². The first kappa shape index (κ1) is 18.6. The van der Waals surface area contributed by atoms with Gasteiger partial charge >= 0.3 is 0 Å². The Morgan fingerprint density at radius 2 is 2.11 bits per heavy atom. The molecular formula is C19H21ClN6O2. The molecule has 1 amide bonds. The standard InChI is InChI=1S/C19H21ClN6O2/c1-11-5-7-14(8-6-11)21-19(28)16-22-17-15(18(27)23-16)24-25-26(17)10-12-3-2-4-13(20)9-12/h2-4,9,11,14H,5-8,10H2,1H3,(H,21,28)(H,22,23,27). The van der Waals surface area contributed by atoms with E-state index in [0.29, 0.717) is 17.5 Å². The zero-order valence-electron chi connectivity index (χ0n) is 15.5. The van der Waals surface area contributed by atoms with Crippen LogP contribution in [0, 0.1) is 5.92 Å². The molecule has 9 heteroatoms. The molecule has 2 heterocycles. The second kappa shape index (κ2) is 7.71. The molecule has 4 rings (SSSR count). The minimum Gasteiger partial charge on any atom is -0.347 e. The second-order valence-electron chi connectivity index (χ2n) is 7.39. The van der Waals surface area contributed by atoms with Crippen molar-refractivity contribution in [1.29, 1.82) is 0 Å². The third-order valence-electron chi connectivity index (χ3n) is 5.16. The molecule has 2 N–H and O–H groups in total. The molecule has 2 aromatic heterocycles. The maximum absolute atomic E-state index is 12.6. The molecule has 1 aliphatic rings. The van der Waals surface area contributed by atoms with Gasteiger partial charge in [0.15, 0.2) is 11.2 Å². The van der Waals surface area contributed by atoms with Crippen LogP contribution < -0.4 is 10.9 Å². The molecule has 0 aliphatic heterocycles. The number of aromatic amines is 1. The van der Waals surface area contributed by atoms with Crippen LogP contribution in [0.4, 0.5) is 0 Å². The van der Waals surface area contributed by atoms with Crippen molar-refractivity contribution in [1.82, 2.24) is 30.3 Å². The average Bonchev–Trinajstić information content (AvgIpc) is 3.07. The number of rotatable bonds is 4. The minimum absolute atomic E-state index is 0.0224. The van der Waals surface area contributed by atoms with Crippen molar-refractivity contribution in [2.45, 2.75) is 45.2 Å².